The summed E-state index contributed by atoms with van der Waals surface area (Å²) in [4.78, 5) is 13.5. The van der Waals surface area contributed by atoms with Crippen LogP contribution in [0.3, 0.4) is 0 Å². The molecule has 1 aliphatic heterocycles. The van der Waals surface area contributed by atoms with Crippen LogP contribution in [0.15, 0.2) is 10.6 Å². The van der Waals surface area contributed by atoms with Crippen LogP contribution in [0.25, 0.3) is 0 Å². The molecule has 1 atom stereocenters. The normalized spacial score (nSPS) is 20.5. The minimum Gasteiger partial charge on any atom is -0.361 e. The van der Waals surface area contributed by atoms with E-state index >= 15 is 0 Å². The van der Waals surface area contributed by atoms with Crippen LogP contribution in [0.5, 0.6) is 0 Å². The fraction of sp³-hybridized carbons (Fsp3) is 0.500. The largest absolute Gasteiger partial charge is 0.361 e. The summed E-state index contributed by atoms with van der Waals surface area (Å²) in [6.45, 7) is 3.44. The molecule has 0 bridgehead atoms. The van der Waals surface area contributed by atoms with E-state index in [1.165, 1.54) is 4.90 Å². The SMILES string of the molecule is Cc1cc(C(=O)N2CCNCC2C#N)no1. The van der Waals surface area contributed by atoms with E-state index in [1.807, 2.05) is 0 Å². The predicted molar refractivity (Wildman–Crippen MR) is 54.5 cm³/mol. The first-order valence-electron chi connectivity index (χ1n) is 5.07. The number of carbonyl (C=O) groups excluding carboxylic acids is 1. The van der Waals surface area contributed by atoms with E-state index < -0.39 is 6.04 Å². The van der Waals surface area contributed by atoms with Gasteiger partial charge in [-0.2, -0.15) is 5.26 Å². The Hall–Kier alpha value is -1.87. The van der Waals surface area contributed by atoms with Gasteiger partial charge >= 0.3 is 0 Å². The highest BCUT2D eigenvalue weighted by molar-refractivity contribution is 5.92. The molecule has 2 heterocycles. The van der Waals surface area contributed by atoms with Gasteiger partial charge in [-0.3, -0.25) is 4.79 Å². The summed E-state index contributed by atoms with van der Waals surface area (Å²) in [5.41, 5.74) is 0.264. The van der Waals surface area contributed by atoms with Crippen molar-refractivity contribution in [1.82, 2.24) is 15.4 Å². The quantitative estimate of drug-likeness (QED) is 0.715. The number of hydrogen-bond donors (Lipinski definition) is 1. The molecule has 1 saturated heterocycles. The molecule has 1 aliphatic rings. The molecule has 6 nitrogen and oxygen atoms in total. The third-order valence-corrected chi connectivity index (χ3v) is 2.50. The lowest BCUT2D eigenvalue weighted by Gasteiger charge is -2.31. The minimum atomic E-state index is -0.432. The zero-order valence-electron chi connectivity index (χ0n) is 8.93. The van der Waals surface area contributed by atoms with Crippen LogP contribution in [-0.4, -0.2) is 41.6 Å². The number of carbonyl (C=O) groups is 1. The molecule has 0 aliphatic carbocycles. The van der Waals surface area contributed by atoms with Crippen molar-refractivity contribution >= 4 is 5.91 Å². The summed E-state index contributed by atoms with van der Waals surface area (Å²) in [7, 11) is 0. The minimum absolute atomic E-state index is 0.245. The van der Waals surface area contributed by atoms with E-state index in [1.54, 1.807) is 13.0 Å². The van der Waals surface area contributed by atoms with Crippen molar-refractivity contribution in [2.45, 2.75) is 13.0 Å². The number of rotatable bonds is 1. The summed E-state index contributed by atoms with van der Waals surface area (Å²) in [6.07, 6.45) is 0. The molecular formula is C10H12N4O2. The molecule has 1 amide bonds. The predicted octanol–water partition coefficient (Wildman–Crippen LogP) is -0.0794. The van der Waals surface area contributed by atoms with E-state index in [2.05, 4.69) is 16.5 Å². The summed E-state index contributed by atoms with van der Waals surface area (Å²) >= 11 is 0. The Labute approximate surface area is 92.8 Å². The highest BCUT2D eigenvalue weighted by atomic mass is 16.5. The lowest BCUT2D eigenvalue weighted by molar-refractivity contribution is 0.0676. The van der Waals surface area contributed by atoms with Gasteiger partial charge in [0.15, 0.2) is 5.69 Å². The molecule has 1 unspecified atom stereocenters. The zero-order valence-corrected chi connectivity index (χ0v) is 8.93. The maximum Gasteiger partial charge on any atom is 0.277 e. The second-order valence-electron chi connectivity index (χ2n) is 3.67. The first-order valence-corrected chi connectivity index (χ1v) is 5.07. The Bertz CT molecular complexity index is 434. The van der Waals surface area contributed by atoms with Gasteiger partial charge in [-0.25, -0.2) is 0 Å². The number of nitriles is 1. The number of nitrogens with zero attached hydrogens (tertiary/aromatic N) is 3. The van der Waals surface area contributed by atoms with Crippen molar-refractivity contribution in [2.75, 3.05) is 19.6 Å². The molecule has 2 rings (SSSR count). The molecule has 0 saturated carbocycles. The number of hydrogen-bond acceptors (Lipinski definition) is 5. The van der Waals surface area contributed by atoms with Gasteiger partial charge in [-0.05, 0) is 6.92 Å². The molecule has 1 N–H and O–H groups in total. The van der Waals surface area contributed by atoms with E-state index in [9.17, 15) is 4.79 Å². The molecule has 1 fully saturated rings. The fourth-order valence-corrected chi connectivity index (χ4v) is 1.68. The zero-order chi connectivity index (χ0) is 11.5. The van der Waals surface area contributed by atoms with Crippen molar-refractivity contribution in [3.8, 4) is 6.07 Å². The second kappa shape index (κ2) is 4.33. The van der Waals surface area contributed by atoms with Gasteiger partial charge in [0.2, 0.25) is 0 Å². The van der Waals surface area contributed by atoms with Crippen LogP contribution < -0.4 is 5.32 Å². The van der Waals surface area contributed by atoms with Gasteiger partial charge in [0.1, 0.15) is 11.8 Å². The number of piperazine rings is 1. The maximum absolute atomic E-state index is 12.0. The van der Waals surface area contributed by atoms with Gasteiger partial charge in [0.05, 0.1) is 6.07 Å². The summed E-state index contributed by atoms with van der Waals surface area (Å²) in [5, 5.41) is 15.7. The molecule has 1 aromatic rings. The maximum atomic E-state index is 12.0. The standard InChI is InChI=1S/C10H12N4O2/c1-7-4-9(13-16-7)10(15)14-3-2-12-6-8(14)5-11/h4,8,12H,2-3,6H2,1H3. The Balaban J connectivity index is 2.17. The topological polar surface area (TPSA) is 82.2 Å². The van der Waals surface area contributed by atoms with E-state index in [0.29, 0.717) is 25.4 Å². The van der Waals surface area contributed by atoms with Crippen molar-refractivity contribution in [3.05, 3.63) is 17.5 Å². The van der Waals surface area contributed by atoms with Gasteiger partial charge in [-0.1, -0.05) is 5.16 Å². The van der Waals surface area contributed by atoms with E-state index in [4.69, 9.17) is 9.78 Å². The molecule has 0 radical (unpaired) electrons. The molecular weight excluding hydrogens is 208 g/mol. The molecule has 0 aromatic carbocycles. The van der Waals surface area contributed by atoms with Crippen LogP contribution in [-0.2, 0) is 0 Å². The van der Waals surface area contributed by atoms with Gasteiger partial charge in [0.25, 0.3) is 5.91 Å². The highest BCUT2D eigenvalue weighted by Crippen LogP contribution is 2.10. The summed E-state index contributed by atoms with van der Waals surface area (Å²) < 4.78 is 4.85. The average molecular weight is 220 g/mol. The van der Waals surface area contributed by atoms with Crippen LogP contribution in [0.4, 0.5) is 0 Å². The van der Waals surface area contributed by atoms with Crippen molar-refractivity contribution in [3.63, 3.8) is 0 Å². The first-order chi connectivity index (χ1) is 7.72. The van der Waals surface area contributed by atoms with Gasteiger partial charge in [-0.15, -0.1) is 0 Å². The number of amides is 1. The fourth-order valence-electron chi connectivity index (χ4n) is 1.68. The molecule has 1 aromatic heterocycles. The third-order valence-electron chi connectivity index (χ3n) is 2.50. The van der Waals surface area contributed by atoms with Gasteiger partial charge < -0.3 is 14.7 Å². The molecule has 84 valence electrons. The summed E-state index contributed by atoms with van der Waals surface area (Å²) in [6, 6.07) is 3.25. The van der Waals surface area contributed by atoms with Crippen LogP contribution >= 0.6 is 0 Å². The number of nitrogens with one attached hydrogen (secondary N) is 1. The number of aryl methyl sites for hydroxylation is 1. The number of aromatic nitrogens is 1. The Morgan fingerprint density at radius 2 is 2.62 bits per heavy atom. The Morgan fingerprint density at radius 3 is 3.25 bits per heavy atom. The Kier molecular flexibility index (Phi) is 2.88. The molecule has 0 spiro atoms. The molecule has 6 heteroatoms. The lowest BCUT2D eigenvalue weighted by Crippen LogP contribution is -2.53. The van der Waals surface area contributed by atoms with Crippen molar-refractivity contribution < 1.29 is 9.32 Å². The smallest absolute Gasteiger partial charge is 0.277 e. The third kappa shape index (κ3) is 1.90. The summed E-state index contributed by atoms with van der Waals surface area (Å²) in [5.74, 6) is 0.344. The van der Waals surface area contributed by atoms with Crippen molar-refractivity contribution in [1.29, 1.82) is 5.26 Å². The van der Waals surface area contributed by atoms with E-state index in [0.717, 1.165) is 0 Å². The first kappa shape index (κ1) is 10.6. The van der Waals surface area contributed by atoms with Crippen LogP contribution in [0.2, 0.25) is 0 Å². The second-order valence-corrected chi connectivity index (χ2v) is 3.67. The van der Waals surface area contributed by atoms with Crippen LogP contribution in [0, 0.1) is 18.3 Å². The molecule has 16 heavy (non-hydrogen) atoms. The van der Waals surface area contributed by atoms with E-state index in [-0.39, 0.29) is 11.6 Å². The van der Waals surface area contributed by atoms with Crippen molar-refractivity contribution in [2.24, 2.45) is 0 Å². The monoisotopic (exact) mass is 220 g/mol. The highest BCUT2D eigenvalue weighted by Gasteiger charge is 2.28. The lowest BCUT2D eigenvalue weighted by atomic mass is 10.2. The Morgan fingerprint density at radius 1 is 1.81 bits per heavy atom. The van der Waals surface area contributed by atoms with Crippen LogP contribution in [0.1, 0.15) is 16.2 Å². The van der Waals surface area contributed by atoms with Gasteiger partial charge in [0, 0.05) is 25.7 Å². The average Bonchev–Trinajstić information content (AvgIpc) is 2.75.